The number of ether oxygens (including phenoxy) is 4. The second-order valence-corrected chi connectivity index (χ2v) is 19.2. The van der Waals surface area contributed by atoms with E-state index < -0.39 is 41.8 Å². The number of carboxylic acids is 1. The summed E-state index contributed by atoms with van der Waals surface area (Å²) < 4.78 is 20.5. The molecule has 0 aliphatic rings. The van der Waals surface area contributed by atoms with E-state index in [1.165, 1.54) is 96.9 Å². The first-order valence-electron chi connectivity index (χ1n) is 29.2. The van der Waals surface area contributed by atoms with Crippen molar-refractivity contribution in [2.75, 3.05) is 93.1 Å². The lowest BCUT2D eigenvalue weighted by molar-refractivity contribution is -0.139. The first kappa shape index (κ1) is 78.7. The van der Waals surface area contributed by atoms with Gasteiger partial charge >= 0.3 is 5.97 Å². The molecule has 83 heavy (non-hydrogen) atoms. The highest BCUT2D eigenvalue weighted by Crippen LogP contribution is 2.20. The monoisotopic (exact) mass is 1180 g/mol. The van der Waals surface area contributed by atoms with Crippen LogP contribution in [-0.4, -0.2) is 187 Å². The number of primary amides is 1. The second kappa shape index (κ2) is 58.8. The van der Waals surface area contributed by atoms with E-state index in [0.29, 0.717) is 58.4 Å². The zero-order valence-corrected chi connectivity index (χ0v) is 49.7. The van der Waals surface area contributed by atoms with Crippen molar-refractivity contribution in [1.29, 1.82) is 0 Å². The molecule has 0 spiro atoms. The highest BCUT2D eigenvalue weighted by atomic mass is 16.5. The summed E-state index contributed by atoms with van der Waals surface area (Å²) in [5.41, 5.74) is 7.21. The normalized spacial score (nSPS) is 11.6. The molecule has 1 aromatic carbocycles. The zero-order valence-electron chi connectivity index (χ0n) is 49.7. The van der Waals surface area contributed by atoms with Gasteiger partial charge in [-0.15, -0.1) is 0 Å². The Balaban J connectivity index is 0. The van der Waals surface area contributed by atoms with Crippen LogP contribution in [0, 0.1) is 0 Å². The summed E-state index contributed by atoms with van der Waals surface area (Å²) >= 11 is 0. The maximum atomic E-state index is 13.0. The van der Waals surface area contributed by atoms with Crippen LogP contribution in [0.4, 0.5) is 0 Å². The van der Waals surface area contributed by atoms with Gasteiger partial charge < -0.3 is 86.7 Å². The number of unbranched alkanes of at least 4 members (excludes halogenated alkanes) is 16. The molecule has 0 aliphatic carbocycles. The van der Waals surface area contributed by atoms with E-state index in [9.17, 15) is 43.2 Å². The Kier molecular flexibility index (Phi) is 55.7. The average molecular weight is 1180 g/mol. The lowest BCUT2D eigenvalue weighted by Crippen LogP contribution is -2.54. The van der Waals surface area contributed by atoms with Gasteiger partial charge in [0.25, 0.3) is 6.47 Å². The summed E-state index contributed by atoms with van der Waals surface area (Å²) in [5, 5.41) is 35.1. The lowest BCUT2D eigenvalue weighted by Gasteiger charge is -2.22. The first-order chi connectivity index (χ1) is 40.3. The van der Waals surface area contributed by atoms with Crippen molar-refractivity contribution in [2.45, 2.75) is 166 Å². The molecule has 0 saturated heterocycles. The molecule has 25 nitrogen and oxygen atoms in total. The Morgan fingerprint density at radius 1 is 0.627 bits per heavy atom. The molecule has 0 aliphatic heterocycles. The van der Waals surface area contributed by atoms with Crippen LogP contribution in [0.2, 0.25) is 0 Å². The number of benzene rings is 1. The molecule has 0 bridgehead atoms. The van der Waals surface area contributed by atoms with Gasteiger partial charge in [0.05, 0.1) is 46.2 Å². The number of carbonyl (C=O) groups is 10. The van der Waals surface area contributed by atoms with Gasteiger partial charge in [0.15, 0.2) is 0 Å². The van der Waals surface area contributed by atoms with Crippen molar-refractivity contribution < 1.29 is 77.1 Å². The number of aldehydes is 2. The van der Waals surface area contributed by atoms with Gasteiger partial charge in [-0.05, 0) is 64.4 Å². The number of hydrogen-bond donors (Lipinski definition) is 11. The van der Waals surface area contributed by atoms with Gasteiger partial charge in [0.1, 0.15) is 43.9 Å². The van der Waals surface area contributed by atoms with E-state index in [4.69, 9.17) is 39.7 Å². The molecule has 6 amide bonds. The fraction of sp³-hybridized carbons (Fsp3) is 0.690. The molecule has 0 fully saturated rings. The van der Waals surface area contributed by atoms with Gasteiger partial charge in [0, 0.05) is 49.5 Å². The third-order valence-electron chi connectivity index (χ3n) is 12.5. The smallest absolute Gasteiger partial charge is 0.320 e. The van der Waals surface area contributed by atoms with E-state index in [0.717, 1.165) is 48.6 Å². The minimum Gasteiger partial charge on any atom is -0.483 e. The number of aromatic amines is 1. The van der Waals surface area contributed by atoms with Crippen LogP contribution in [0.3, 0.4) is 0 Å². The fourth-order valence-electron chi connectivity index (χ4n) is 7.98. The van der Waals surface area contributed by atoms with Crippen LogP contribution in [0.1, 0.15) is 147 Å². The average Bonchev–Trinajstić information content (AvgIpc) is 3.88. The molecular weight excluding hydrogens is 1080 g/mol. The number of amides is 6. The number of fused-ring (bicyclic) bond motifs is 1. The predicted molar refractivity (Wildman–Crippen MR) is 316 cm³/mol. The predicted octanol–water partition coefficient (Wildman–Crippen LogP) is 3.39. The summed E-state index contributed by atoms with van der Waals surface area (Å²) in [6.45, 7) is 4.93. The summed E-state index contributed by atoms with van der Waals surface area (Å²) in [5.74, 6) is -3.17. The number of aliphatic carboxylic acids is 1. The van der Waals surface area contributed by atoms with E-state index >= 15 is 0 Å². The van der Waals surface area contributed by atoms with Crippen molar-refractivity contribution in [3.63, 3.8) is 0 Å². The standard InChI is InChI=1S/C21H30N6O4.C18H33N3O9.C18H36O.CH2O2/c1-23-9-5-4-8-17(20(22)30)27-21(31)18(26-19(29)12-24-13-28)10-14-11-25-16-7-3-2-6-15(14)16;1-19-15(18(25)26)2-3-16(23)20-4-7-28-12-13-30-14-17(24)21-5-8-27-10-11-29-9-6-22;1-2-3-4-5-6-7-8-9-10-11-12-13-14-15-16-17-18-19;2-1-3/h2-3,6-7,11,13,17-18,23,25H,4-5,8-10,12H2,1H3,(H2,22,30)(H,24,28)(H,26,29)(H,27,31);6,15,19H,2-5,7-14H2,1H3,(H,20,23)(H,21,24)(H,25,26);18H,2-17H2,1H3;1H,(H,2,3). The molecule has 474 valence electrons. The van der Waals surface area contributed by atoms with Crippen LogP contribution >= 0.6 is 0 Å². The topological polar surface area (TPSA) is 374 Å². The lowest BCUT2D eigenvalue weighted by atomic mass is 10.0. The Bertz CT molecular complexity index is 2000. The maximum absolute atomic E-state index is 13.0. The number of carboxylic acid groups (broad SMARTS) is 2. The highest BCUT2D eigenvalue weighted by molar-refractivity contribution is 5.93. The number of nitrogens with one attached hydrogen (secondary N) is 8. The number of hydrogen-bond acceptors (Lipinski definition) is 16. The zero-order chi connectivity index (χ0) is 61.8. The van der Waals surface area contributed by atoms with Crippen LogP contribution in [0.25, 0.3) is 10.9 Å². The number of rotatable bonds is 51. The second-order valence-electron chi connectivity index (χ2n) is 19.2. The number of likely N-dealkylation sites (N-methyl/N-ethyl adjacent to an activating group) is 1. The van der Waals surface area contributed by atoms with Crippen molar-refractivity contribution in [2.24, 2.45) is 5.73 Å². The summed E-state index contributed by atoms with van der Waals surface area (Å²) in [4.78, 5) is 113. The van der Waals surface area contributed by atoms with Crippen LogP contribution < -0.4 is 43.0 Å². The summed E-state index contributed by atoms with van der Waals surface area (Å²) in [6, 6.07) is 5.08. The summed E-state index contributed by atoms with van der Waals surface area (Å²) in [7, 11) is 3.37. The number of nitrogens with two attached hydrogens (primary N) is 1. The Morgan fingerprint density at radius 3 is 1.73 bits per heavy atom. The number of para-hydroxylation sites is 1. The Labute approximate surface area is 490 Å². The Hall–Kier alpha value is -6.38. The van der Waals surface area contributed by atoms with Gasteiger partial charge in [-0.1, -0.05) is 115 Å². The fourth-order valence-corrected chi connectivity index (χ4v) is 7.98. The van der Waals surface area contributed by atoms with Gasteiger partial charge in [-0.2, -0.15) is 0 Å². The Morgan fingerprint density at radius 2 is 1.19 bits per heavy atom. The van der Waals surface area contributed by atoms with Crippen molar-refractivity contribution >= 4 is 71.9 Å². The van der Waals surface area contributed by atoms with Gasteiger partial charge in [-0.3, -0.25) is 38.4 Å². The third kappa shape index (κ3) is 48.8. The molecule has 3 unspecified atom stereocenters. The molecule has 0 radical (unpaired) electrons. The number of H-pyrrole nitrogens is 1. The number of carbonyl (C=O) groups excluding carboxylic acids is 8. The molecular formula is C58H101N9O16. The largest absolute Gasteiger partial charge is 0.483 e. The minimum absolute atomic E-state index is 0.0434. The van der Waals surface area contributed by atoms with Gasteiger partial charge in [0.2, 0.25) is 35.9 Å². The highest BCUT2D eigenvalue weighted by Gasteiger charge is 2.27. The third-order valence-corrected chi connectivity index (χ3v) is 12.5. The van der Waals surface area contributed by atoms with Crippen molar-refractivity contribution in [3.8, 4) is 0 Å². The van der Waals surface area contributed by atoms with E-state index in [1.54, 1.807) is 6.20 Å². The maximum Gasteiger partial charge on any atom is 0.320 e. The number of aromatic nitrogens is 1. The molecule has 3 atom stereocenters. The SMILES string of the molecule is CCCCCCCCCCCCCCCCCC=O.CNC(CCC(=O)NCCOCCOCC(=O)NCCOCCOCC=O)C(=O)O.CNCCCCC(NC(=O)C(Cc1c[nH]c2ccccc12)NC(=O)CNC=O)C(N)=O.O=CO. The van der Waals surface area contributed by atoms with Crippen LogP contribution in [0.5, 0.6) is 0 Å². The molecule has 2 rings (SSSR count). The van der Waals surface area contributed by atoms with Crippen LogP contribution in [0.15, 0.2) is 30.5 Å². The minimum atomic E-state index is -0.992. The molecule has 2 aromatic rings. The quantitative estimate of drug-likeness (QED) is 0.0334. The molecule has 12 N–H and O–H groups in total. The molecule has 25 heteroatoms. The van der Waals surface area contributed by atoms with Gasteiger partial charge in [-0.25, -0.2) is 0 Å². The van der Waals surface area contributed by atoms with E-state index in [2.05, 4.69) is 49.1 Å². The summed E-state index contributed by atoms with van der Waals surface area (Å²) in [6.07, 6.45) is 27.9. The molecule has 0 saturated carbocycles. The van der Waals surface area contributed by atoms with E-state index in [-0.39, 0.29) is 77.1 Å². The molecule has 1 heterocycles. The van der Waals surface area contributed by atoms with Crippen molar-refractivity contribution in [1.82, 2.24) is 42.2 Å². The van der Waals surface area contributed by atoms with Crippen LogP contribution in [-0.2, 0) is 73.3 Å². The first-order valence-corrected chi connectivity index (χ1v) is 29.2. The molecule has 1 aromatic heterocycles. The van der Waals surface area contributed by atoms with Crippen molar-refractivity contribution in [3.05, 3.63) is 36.0 Å². The van der Waals surface area contributed by atoms with E-state index in [1.807, 2.05) is 31.3 Å².